The highest BCUT2D eigenvalue weighted by atomic mass is 16.5. The highest BCUT2D eigenvalue weighted by molar-refractivity contribution is 5.83. The van der Waals surface area contributed by atoms with Gasteiger partial charge in [-0.05, 0) is 49.0 Å². The topological polar surface area (TPSA) is 35.5 Å². The van der Waals surface area contributed by atoms with Crippen molar-refractivity contribution in [1.29, 1.82) is 0 Å². The molecule has 1 aromatic carbocycles. The minimum Gasteiger partial charge on any atom is -0.498 e. The molecular weight excluding hydrogens is 264 g/mol. The van der Waals surface area contributed by atoms with Gasteiger partial charge in [0.25, 0.3) is 0 Å². The first-order chi connectivity index (χ1) is 10.2. The number of benzene rings is 1. The van der Waals surface area contributed by atoms with Gasteiger partial charge in [0.1, 0.15) is 11.9 Å². The minimum atomic E-state index is -0.326. The van der Waals surface area contributed by atoms with Gasteiger partial charge in [0, 0.05) is 6.42 Å². The zero-order chi connectivity index (χ0) is 14.7. The van der Waals surface area contributed by atoms with Gasteiger partial charge in [-0.25, -0.2) is 4.79 Å². The molecule has 2 aliphatic rings. The standard InChI is InChI=1S/C18H20O3/c1-2-20-17-11-16(21-18(19)12-17)9-7-13-6-8-14-4-3-5-15(14)10-13/h6-10,12,16H,2-5,11H2,1H3. The molecule has 0 spiro atoms. The van der Waals surface area contributed by atoms with E-state index in [1.807, 2.05) is 19.1 Å². The summed E-state index contributed by atoms with van der Waals surface area (Å²) in [7, 11) is 0. The summed E-state index contributed by atoms with van der Waals surface area (Å²) >= 11 is 0. The fraction of sp³-hybridized carbons (Fsp3) is 0.389. The highest BCUT2D eigenvalue weighted by Crippen LogP contribution is 2.24. The molecule has 1 unspecified atom stereocenters. The predicted molar refractivity (Wildman–Crippen MR) is 81.7 cm³/mol. The number of esters is 1. The Hall–Kier alpha value is -2.03. The molecule has 0 radical (unpaired) electrons. The zero-order valence-electron chi connectivity index (χ0n) is 12.3. The summed E-state index contributed by atoms with van der Waals surface area (Å²) in [6.45, 7) is 2.48. The molecule has 0 saturated carbocycles. The summed E-state index contributed by atoms with van der Waals surface area (Å²) < 4.78 is 10.7. The lowest BCUT2D eigenvalue weighted by molar-refractivity contribution is -0.142. The molecule has 0 fully saturated rings. The third-order valence-corrected chi connectivity index (χ3v) is 3.90. The van der Waals surface area contributed by atoms with E-state index in [-0.39, 0.29) is 12.1 Å². The Morgan fingerprint density at radius 1 is 1.33 bits per heavy atom. The fourth-order valence-electron chi connectivity index (χ4n) is 2.92. The van der Waals surface area contributed by atoms with E-state index < -0.39 is 0 Å². The Kier molecular flexibility index (Phi) is 4.09. The van der Waals surface area contributed by atoms with E-state index in [0.717, 1.165) is 0 Å². The molecule has 1 atom stereocenters. The second kappa shape index (κ2) is 6.17. The quantitative estimate of drug-likeness (QED) is 0.795. The van der Waals surface area contributed by atoms with Crippen molar-refractivity contribution >= 4 is 12.0 Å². The van der Waals surface area contributed by atoms with E-state index >= 15 is 0 Å². The van der Waals surface area contributed by atoms with Crippen LogP contribution in [0.2, 0.25) is 0 Å². The molecule has 1 aromatic rings. The van der Waals surface area contributed by atoms with Gasteiger partial charge in [0.15, 0.2) is 0 Å². The summed E-state index contributed by atoms with van der Waals surface area (Å²) in [5.74, 6) is 0.380. The number of ether oxygens (including phenoxy) is 2. The Balaban J connectivity index is 1.68. The third-order valence-electron chi connectivity index (χ3n) is 3.90. The van der Waals surface area contributed by atoms with Crippen LogP contribution in [0.4, 0.5) is 0 Å². The van der Waals surface area contributed by atoms with Crippen molar-refractivity contribution in [2.45, 2.75) is 38.7 Å². The van der Waals surface area contributed by atoms with Crippen LogP contribution < -0.4 is 0 Å². The molecular formula is C18H20O3. The van der Waals surface area contributed by atoms with Crippen molar-refractivity contribution in [2.75, 3.05) is 6.61 Å². The number of hydrogen-bond donors (Lipinski definition) is 0. The van der Waals surface area contributed by atoms with Crippen LogP contribution >= 0.6 is 0 Å². The van der Waals surface area contributed by atoms with Crippen LogP contribution in [-0.2, 0) is 27.1 Å². The van der Waals surface area contributed by atoms with Gasteiger partial charge >= 0.3 is 5.97 Å². The van der Waals surface area contributed by atoms with Crippen LogP contribution in [0, 0.1) is 0 Å². The SMILES string of the molecule is CCOC1=CC(=O)OC(C=Cc2ccc3c(c2)CCC3)C1. The highest BCUT2D eigenvalue weighted by Gasteiger charge is 2.20. The van der Waals surface area contributed by atoms with Crippen LogP contribution in [0.15, 0.2) is 36.1 Å². The summed E-state index contributed by atoms with van der Waals surface area (Å²) in [6.07, 6.45) is 9.41. The van der Waals surface area contributed by atoms with E-state index in [9.17, 15) is 4.79 Å². The number of rotatable bonds is 4. The van der Waals surface area contributed by atoms with Gasteiger partial charge in [-0.2, -0.15) is 0 Å². The van der Waals surface area contributed by atoms with Gasteiger partial charge in [0.2, 0.25) is 0 Å². The third kappa shape index (κ3) is 3.35. The molecule has 0 N–H and O–H groups in total. The molecule has 110 valence electrons. The molecule has 21 heavy (non-hydrogen) atoms. The van der Waals surface area contributed by atoms with Crippen molar-refractivity contribution in [2.24, 2.45) is 0 Å². The van der Waals surface area contributed by atoms with Gasteiger partial charge in [-0.15, -0.1) is 0 Å². The van der Waals surface area contributed by atoms with Crippen LogP contribution in [0.1, 0.15) is 36.5 Å². The second-order valence-electron chi connectivity index (χ2n) is 5.46. The van der Waals surface area contributed by atoms with E-state index in [2.05, 4.69) is 18.2 Å². The average molecular weight is 284 g/mol. The van der Waals surface area contributed by atoms with Crippen LogP contribution in [-0.4, -0.2) is 18.7 Å². The van der Waals surface area contributed by atoms with Gasteiger partial charge in [-0.1, -0.05) is 24.3 Å². The fourth-order valence-corrected chi connectivity index (χ4v) is 2.92. The Bertz CT molecular complexity index is 598. The monoisotopic (exact) mass is 284 g/mol. The first-order valence-electron chi connectivity index (χ1n) is 7.58. The number of hydrogen-bond acceptors (Lipinski definition) is 3. The Labute approximate surface area is 125 Å². The summed E-state index contributed by atoms with van der Waals surface area (Å²) in [4.78, 5) is 11.5. The van der Waals surface area contributed by atoms with Crippen molar-refractivity contribution < 1.29 is 14.3 Å². The molecule has 1 heterocycles. The van der Waals surface area contributed by atoms with Crippen molar-refractivity contribution in [3.05, 3.63) is 52.8 Å². The number of aryl methyl sites for hydroxylation is 2. The van der Waals surface area contributed by atoms with E-state index in [1.165, 1.54) is 42.0 Å². The maximum absolute atomic E-state index is 11.5. The maximum atomic E-state index is 11.5. The lowest BCUT2D eigenvalue weighted by Gasteiger charge is -2.20. The molecule has 3 heteroatoms. The summed E-state index contributed by atoms with van der Waals surface area (Å²) in [5, 5.41) is 0. The number of fused-ring (bicyclic) bond motifs is 1. The second-order valence-corrected chi connectivity index (χ2v) is 5.46. The Morgan fingerprint density at radius 2 is 2.19 bits per heavy atom. The molecule has 0 amide bonds. The summed E-state index contributed by atoms with van der Waals surface area (Å²) in [6, 6.07) is 6.58. The van der Waals surface area contributed by atoms with Crippen molar-refractivity contribution in [1.82, 2.24) is 0 Å². The maximum Gasteiger partial charge on any atom is 0.334 e. The normalized spacial score (nSPS) is 21.1. The molecule has 0 aromatic heterocycles. The average Bonchev–Trinajstić information content (AvgIpc) is 2.92. The van der Waals surface area contributed by atoms with E-state index in [0.29, 0.717) is 18.8 Å². The predicted octanol–water partition coefficient (Wildman–Crippen LogP) is 3.42. The summed E-state index contributed by atoms with van der Waals surface area (Å²) in [5.41, 5.74) is 4.09. The lowest BCUT2D eigenvalue weighted by Crippen LogP contribution is -2.21. The lowest BCUT2D eigenvalue weighted by atomic mass is 10.0. The number of cyclic esters (lactones) is 1. The van der Waals surface area contributed by atoms with Gasteiger partial charge < -0.3 is 9.47 Å². The molecule has 0 saturated heterocycles. The smallest absolute Gasteiger partial charge is 0.334 e. The van der Waals surface area contributed by atoms with Crippen LogP contribution in [0.25, 0.3) is 6.08 Å². The zero-order valence-corrected chi connectivity index (χ0v) is 12.3. The van der Waals surface area contributed by atoms with E-state index in [1.54, 1.807) is 0 Å². The first kappa shape index (κ1) is 13.9. The number of carbonyl (C=O) groups is 1. The largest absolute Gasteiger partial charge is 0.498 e. The van der Waals surface area contributed by atoms with Gasteiger partial charge in [-0.3, -0.25) is 0 Å². The van der Waals surface area contributed by atoms with Gasteiger partial charge in [0.05, 0.1) is 12.7 Å². The molecule has 3 nitrogen and oxygen atoms in total. The first-order valence-corrected chi connectivity index (χ1v) is 7.58. The number of carbonyl (C=O) groups excluding carboxylic acids is 1. The van der Waals surface area contributed by atoms with Crippen LogP contribution in [0.3, 0.4) is 0 Å². The molecule has 1 aliphatic heterocycles. The molecule has 0 bridgehead atoms. The van der Waals surface area contributed by atoms with Crippen LogP contribution in [0.5, 0.6) is 0 Å². The Morgan fingerprint density at radius 3 is 3.05 bits per heavy atom. The van der Waals surface area contributed by atoms with Crippen molar-refractivity contribution in [3.63, 3.8) is 0 Å². The van der Waals surface area contributed by atoms with E-state index in [4.69, 9.17) is 9.47 Å². The minimum absolute atomic E-state index is 0.239. The molecule has 3 rings (SSSR count). The molecule has 1 aliphatic carbocycles. The van der Waals surface area contributed by atoms with Crippen molar-refractivity contribution in [3.8, 4) is 0 Å².